The van der Waals surface area contributed by atoms with Crippen LogP contribution in [0.4, 0.5) is 23.1 Å². The van der Waals surface area contributed by atoms with Crippen molar-refractivity contribution in [3.8, 4) is 17.1 Å². The van der Waals surface area contributed by atoms with Gasteiger partial charge in [-0.2, -0.15) is 4.98 Å². The van der Waals surface area contributed by atoms with Crippen LogP contribution in [0.2, 0.25) is 5.02 Å². The minimum absolute atomic E-state index is 0.317. The van der Waals surface area contributed by atoms with E-state index in [1.807, 2.05) is 24.3 Å². The van der Waals surface area contributed by atoms with Gasteiger partial charge in [-0.15, -0.1) is 0 Å². The Kier molecular flexibility index (Phi) is 6.58. The van der Waals surface area contributed by atoms with Crippen molar-refractivity contribution in [3.05, 3.63) is 72.1 Å². The highest BCUT2D eigenvalue weighted by Crippen LogP contribution is 2.38. The second-order valence-corrected chi connectivity index (χ2v) is 11.1. The van der Waals surface area contributed by atoms with Gasteiger partial charge in [0, 0.05) is 23.3 Å². The van der Waals surface area contributed by atoms with Gasteiger partial charge in [0.05, 0.1) is 24.7 Å². The second-order valence-electron chi connectivity index (χ2n) is 7.49. The quantitative estimate of drug-likeness (QED) is 0.342. The lowest BCUT2D eigenvalue weighted by Gasteiger charge is -2.15. The van der Waals surface area contributed by atoms with Crippen molar-refractivity contribution in [2.24, 2.45) is 0 Å². The summed E-state index contributed by atoms with van der Waals surface area (Å²) in [6, 6.07) is 14.7. The van der Waals surface area contributed by atoms with Crippen LogP contribution in [0.25, 0.3) is 11.4 Å². The molecule has 4 aromatic rings. The molecule has 4 rings (SSSR count). The van der Waals surface area contributed by atoms with Gasteiger partial charge in [0.25, 0.3) is 0 Å². The summed E-state index contributed by atoms with van der Waals surface area (Å²) < 4.78 is 17.9. The molecule has 0 unspecified atom stereocenters. The Morgan fingerprint density at radius 1 is 0.939 bits per heavy atom. The monoisotopic (exact) mass is 480 g/mol. The number of methoxy groups -OCH3 is 1. The predicted octanol–water partition coefficient (Wildman–Crippen LogP) is 5.33. The molecule has 33 heavy (non-hydrogen) atoms. The van der Waals surface area contributed by atoms with Crippen LogP contribution >= 0.6 is 18.7 Å². The number of halogens is 1. The van der Waals surface area contributed by atoms with Gasteiger partial charge in [0.15, 0.2) is 11.6 Å². The van der Waals surface area contributed by atoms with Gasteiger partial charge in [-0.1, -0.05) is 23.7 Å². The number of nitrogens with one attached hydrogen (secondary N) is 2. The number of aromatic nitrogens is 4. The lowest BCUT2D eigenvalue weighted by molar-refractivity contribution is 0.417. The highest BCUT2D eigenvalue weighted by molar-refractivity contribution is 7.70. The van der Waals surface area contributed by atoms with Crippen LogP contribution in [-0.4, -0.2) is 40.4 Å². The zero-order valence-corrected chi connectivity index (χ0v) is 19.9. The molecule has 0 spiro atoms. The number of ether oxygens (including phenoxy) is 1. The third-order valence-corrected chi connectivity index (χ3v) is 6.58. The predicted molar refractivity (Wildman–Crippen MR) is 133 cm³/mol. The number of nitrogens with zero attached hydrogens (tertiary/aromatic N) is 4. The van der Waals surface area contributed by atoms with Crippen molar-refractivity contribution >= 4 is 47.2 Å². The largest absolute Gasteiger partial charge is 0.495 e. The highest BCUT2D eigenvalue weighted by Gasteiger charge is 2.16. The maximum atomic E-state index is 12.4. The fourth-order valence-electron chi connectivity index (χ4n) is 3.11. The molecule has 0 aliphatic rings. The van der Waals surface area contributed by atoms with Crippen LogP contribution in [0, 0.1) is 0 Å². The van der Waals surface area contributed by atoms with E-state index in [2.05, 4.69) is 30.6 Å². The van der Waals surface area contributed by atoms with Gasteiger partial charge in [0.1, 0.15) is 17.9 Å². The van der Waals surface area contributed by atoms with Crippen molar-refractivity contribution in [2.45, 2.75) is 0 Å². The average molecular weight is 481 g/mol. The third-order valence-electron chi connectivity index (χ3n) is 4.78. The zero-order valence-electron chi connectivity index (χ0n) is 18.3. The Morgan fingerprint density at radius 2 is 1.70 bits per heavy atom. The van der Waals surface area contributed by atoms with E-state index in [9.17, 15) is 4.57 Å². The van der Waals surface area contributed by atoms with Crippen LogP contribution in [-0.2, 0) is 4.57 Å². The minimum Gasteiger partial charge on any atom is -0.495 e. The molecule has 2 heterocycles. The molecular weight excluding hydrogens is 459 g/mol. The second kappa shape index (κ2) is 9.57. The molecular formula is C23H22ClN6O2P. The van der Waals surface area contributed by atoms with Gasteiger partial charge < -0.3 is 19.9 Å². The molecule has 0 bridgehead atoms. The van der Waals surface area contributed by atoms with Crippen molar-refractivity contribution in [2.75, 3.05) is 31.1 Å². The Bertz CT molecular complexity index is 1330. The number of anilines is 4. The number of rotatable bonds is 7. The summed E-state index contributed by atoms with van der Waals surface area (Å²) >= 11 is 6.37. The van der Waals surface area contributed by atoms with Gasteiger partial charge in [-0.25, -0.2) is 15.0 Å². The summed E-state index contributed by atoms with van der Waals surface area (Å²) in [5, 5.41) is 7.47. The molecule has 0 amide bonds. The molecule has 2 aromatic carbocycles. The van der Waals surface area contributed by atoms with E-state index in [-0.39, 0.29) is 0 Å². The first kappa shape index (κ1) is 22.7. The molecule has 0 fully saturated rings. The number of hydrogen-bond acceptors (Lipinski definition) is 8. The summed E-state index contributed by atoms with van der Waals surface area (Å²) in [7, 11) is -0.866. The Morgan fingerprint density at radius 3 is 2.42 bits per heavy atom. The first-order chi connectivity index (χ1) is 15.8. The van der Waals surface area contributed by atoms with Crippen LogP contribution < -0.4 is 20.7 Å². The van der Waals surface area contributed by atoms with Crippen molar-refractivity contribution < 1.29 is 9.30 Å². The van der Waals surface area contributed by atoms with Crippen molar-refractivity contribution in [1.82, 2.24) is 19.9 Å². The van der Waals surface area contributed by atoms with Crippen LogP contribution in [0.5, 0.6) is 5.75 Å². The van der Waals surface area contributed by atoms with Crippen LogP contribution in [0.15, 0.2) is 67.1 Å². The SMILES string of the molecule is COc1cc(P(C)(C)=O)ccc1Nc1ncc(Cl)c(Nc2ccccc2-c2ncccn2)n1. The first-order valence-electron chi connectivity index (χ1n) is 10.0. The molecule has 0 radical (unpaired) electrons. The van der Waals surface area contributed by atoms with E-state index in [1.165, 1.54) is 6.20 Å². The summed E-state index contributed by atoms with van der Waals surface area (Å²) in [5.74, 6) is 1.85. The van der Waals surface area contributed by atoms with E-state index < -0.39 is 7.14 Å². The molecule has 0 saturated heterocycles. The lowest BCUT2D eigenvalue weighted by Crippen LogP contribution is -2.07. The van der Waals surface area contributed by atoms with Crippen molar-refractivity contribution in [3.63, 3.8) is 0 Å². The maximum Gasteiger partial charge on any atom is 0.229 e. The number of hydrogen-bond donors (Lipinski definition) is 2. The lowest BCUT2D eigenvalue weighted by atomic mass is 10.1. The Balaban J connectivity index is 1.64. The van der Waals surface area contributed by atoms with E-state index in [0.717, 1.165) is 16.6 Å². The van der Waals surface area contributed by atoms with E-state index in [0.29, 0.717) is 34.1 Å². The van der Waals surface area contributed by atoms with Crippen LogP contribution in [0.3, 0.4) is 0 Å². The van der Waals surface area contributed by atoms with Gasteiger partial charge in [0.2, 0.25) is 5.95 Å². The molecule has 0 aliphatic carbocycles. The fourth-order valence-corrected chi connectivity index (χ4v) is 4.11. The van der Waals surface area contributed by atoms with Crippen molar-refractivity contribution in [1.29, 1.82) is 0 Å². The number of benzene rings is 2. The van der Waals surface area contributed by atoms with E-state index in [1.54, 1.807) is 57.1 Å². The molecule has 2 aromatic heterocycles. The summed E-state index contributed by atoms with van der Waals surface area (Å²) in [4.78, 5) is 17.5. The molecule has 0 aliphatic heterocycles. The first-order valence-corrected chi connectivity index (χ1v) is 13.0. The van der Waals surface area contributed by atoms with Gasteiger partial charge in [-0.05, 0) is 49.7 Å². The summed E-state index contributed by atoms with van der Waals surface area (Å²) in [6.07, 6.45) is 4.88. The minimum atomic E-state index is -2.42. The Labute approximate surface area is 196 Å². The normalized spacial score (nSPS) is 11.2. The Hall–Kier alpha value is -3.48. The summed E-state index contributed by atoms with van der Waals surface area (Å²) in [5.41, 5.74) is 2.20. The van der Waals surface area contributed by atoms with Gasteiger partial charge >= 0.3 is 0 Å². The molecule has 168 valence electrons. The third kappa shape index (κ3) is 5.30. The molecule has 0 atom stereocenters. The molecule has 0 saturated carbocycles. The number of para-hydroxylation sites is 1. The van der Waals surface area contributed by atoms with E-state index >= 15 is 0 Å². The topological polar surface area (TPSA) is 102 Å². The zero-order chi connectivity index (χ0) is 23.4. The molecule has 10 heteroatoms. The van der Waals surface area contributed by atoms with E-state index in [4.69, 9.17) is 16.3 Å². The standard InChI is InChI=1S/C23H22ClN6O2P/c1-32-20-13-15(33(2,3)31)9-10-19(20)29-23-27-14-17(24)22(30-23)28-18-8-5-4-7-16(18)21-25-11-6-12-26-21/h4-14H,1-3H3,(H2,27,28,29,30). The maximum absolute atomic E-state index is 12.4. The van der Waals surface area contributed by atoms with Gasteiger partial charge in [-0.3, -0.25) is 0 Å². The average Bonchev–Trinajstić information content (AvgIpc) is 2.81. The molecule has 8 nitrogen and oxygen atoms in total. The molecule has 2 N–H and O–H groups in total. The highest BCUT2D eigenvalue weighted by atomic mass is 35.5. The fraction of sp³-hybridized carbons (Fsp3) is 0.130. The summed E-state index contributed by atoms with van der Waals surface area (Å²) in [6.45, 7) is 3.43. The smallest absolute Gasteiger partial charge is 0.229 e. The van der Waals surface area contributed by atoms with Crippen LogP contribution in [0.1, 0.15) is 0 Å².